The molecule has 0 saturated carbocycles. The average Bonchev–Trinajstić information content (AvgIpc) is 2.54. The van der Waals surface area contributed by atoms with E-state index in [4.69, 9.17) is 12.2 Å². The Kier molecular flexibility index (Phi) is 4.09. The number of amides is 1. The van der Waals surface area contributed by atoms with Gasteiger partial charge in [-0.15, -0.1) is 0 Å². The molecule has 3 N–H and O–H groups in total. The molecule has 0 unspecified atom stereocenters. The molecule has 0 saturated heterocycles. The number of hydrogen-bond acceptors (Lipinski definition) is 4. The van der Waals surface area contributed by atoms with Crippen LogP contribution in [0.2, 0.25) is 0 Å². The van der Waals surface area contributed by atoms with E-state index >= 15 is 0 Å². The number of anilines is 1. The summed E-state index contributed by atoms with van der Waals surface area (Å²) in [5, 5.41) is 3.16. The minimum absolute atomic E-state index is 0.0390. The minimum Gasteiger partial charge on any atom is -0.332 e. The van der Waals surface area contributed by atoms with Crippen molar-refractivity contribution in [3.05, 3.63) is 68.7 Å². The molecule has 1 aromatic heterocycles. The molecule has 2 aromatic carbocycles. The summed E-state index contributed by atoms with van der Waals surface area (Å²) in [6.07, 6.45) is 0. The maximum atomic E-state index is 12.3. The number of fused-ring (bicyclic) bond motifs is 1. The lowest BCUT2D eigenvalue weighted by Crippen LogP contribution is -2.13. The van der Waals surface area contributed by atoms with Crippen LogP contribution in [0.3, 0.4) is 0 Å². The molecule has 7 heteroatoms. The Hall–Kier alpha value is -3.06. The SMILES string of the molecule is CC(=O)c1ccc(NC(=O)c2ccc3c(=O)[nH]c(=S)[nH]c3c2)cc1. The van der Waals surface area contributed by atoms with Gasteiger partial charge in [-0.05, 0) is 61.6 Å². The predicted octanol–water partition coefficient (Wildman–Crippen LogP) is 3.04. The van der Waals surface area contributed by atoms with E-state index in [1.54, 1.807) is 42.5 Å². The number of rotatable bonds is 3. The number of ketones is 1. The van der Waals surface area contributed by atoms with Gasteiger partial charge in [-0.3, -0.25) is 19.4 Å². The van der Waals surface area contributed by atoms with Gasteiger partial charge in [0.05, 0.1) is 10.9 Å². The third kappa shape index (κ3) is 3.16. The summed E-state index contributed by atoms with van der Waals surface area (Å²) in [7, 11) is 0. The number of nitrogens with one attached hydrogen (secondary N) is 3. The summed E-state index contributed by atoms with van der Waals surface area (Å²) in [4.78, 5) is 40.7. The molecule has 0 aliphatic rings. The molecule has 3 rings (SSSR count). The number of aromatic nitrogens is 2. The van der Waals surface area contributed by atoms with E-state index in [0.717, 1.165) is 0 Å². The van der Waals surface area contributed by atoms with Crippen LogP contribution in [0.15, 0.2) is 47.3 Å². The molecule has 0 atom stereocenters. The molecule has 0 aliphatic carbocycles. The fraction of sp³-hybridized carbons (Fsp3) is 0.0588. The minimum atomic E-state index is -0.327. The topological polar surface area (TPSA) is 94.8 Å². The number of H-pyrrole nitrogens is 2. The van der Waals surface area contributed by atoms with Crippen LogP contribution in [0.1, 0.15) is 27.6 Å². The Morgan fingerprint density at radius 3 is 2.33 bits per heavy atom. The van der Waals surface area contributed by atoms with Crippen molar-refractivity contribution in [3.63, 3.8) is 0 Å². The van der Waals surface area contributed by atoms with Crippen molar-refractivity contribution >= 4 is 40.5 Å². The van der Waals surface area contributed by atoms with Gasteiger partial charge in [0.15, 0.2) is 10.6 Å². The molecule has 120 valence electrons. The van der Waals surface area contributed by atoms with Gasteiger partial charge < -0.3 is 10.3 Å². The molecule has 0 spiro atoms. The van der Waals surface area contributed by atoms with E-state index in [1.807, 2.05) is 0 Å². The Balaban J connectivity index is 1.89. The Morgan fingerprint density at radius 1 is 1.00 bits per heavy atom. The molecule has 0 fully saturated rings. The Labute approximate surface area is 141 Å². The van der Waals surface area contributed by atoms with Gasteiger partial charge in [-0.25, -0.2) is 0 Å². The van der Waals surface area contributed by atoms with Crippen molar-refractivity contribution in [1.29, 1.82) is 0 Å². The van der Waals surface area contributed by atoms with E-state index in [-0.39, 0.29) is 22.0 Å². The van der Waals surface area contributed by atoms with Crippen LogP contribution in [-0.4, -0.2) is 21.7 Å². The summed E-state index contributed by atoms with van der Waals surface area (Å²) in [5.74, 6) is -0.366. The lowest BCUT2D eigenvalue weighted by molar-refractivity contribution is 0.101. The number of benzene rings is 2. The van der Waals surface area contributed by atoms with E-state index in [2.05, 4.69) is 15.3 Å². The molecule has 1 heterocycles. The largest absolute Gasteiger partial charge is 0.332 e. The Morgan fingerprint density at radius 2 is 1.67 bits per heavy atom. The van der Waals surface area contributed by atoms with Gasteiger partial charge in [0.25, 0.3) is 11.5 Å². The van der Waals surface area contributed by atoms with Crippen LogP contribution in [0.25, 0.3) is 10.9 Å². The van der Waals surface area contributed by atoms with Gasteiger partial charge in [0.1, 0.15) is 0 Å². The molecule has 1 amide bonds. The maximum Gasteiger partial charge on any atom is 0.259 e. The first-order chi connectivity index (χ1) is 11.4. The lowest BCUT2D eigenvalue weighted by atomic mass is 10.1. The third-order valence-corrected chi connectivity index (χ3v) is 3.76. The van der Waals surface area contributed by atoms with Crippen LogP contribution < -0.4 is 10.9 Å². The van der Waals surface area contributed by atoms with Crippen molar-refractivity contribution in [3.8, 4) is 0 Å². The smallest absolute Gasteiger partial charge is 0.259 e. The molecular formula is C17H13N3O3S. The first-order valence-corrected chi connectivity index (χ1v) is 7.53. The molecule has 0 aliphatic heterocycles. The number of aromatic amines is 2. The van der Waals surface area contributed by atoms with E-state index in [1.165, 1.54) is 6.92 Å². The molecule has 3 aromatic rings. The third-order valence-electron chi connectivity index (χ3n) is 3.55. The maximum absolute atomic E-state index is 12.3. The summed E-state index contributed by atoms with van der Waals surface area (Å²) in [6, 6.07) is 11.3. The predicted molar refractivity (Wildman–Crippen MR) is 94.2 cm³/mol. The van der Waals surface area contributed by atoms with E-state index in [9.17, 15) is 14.4 Å². The van der Waals surface area contributed by atoms with Crippen LogP contribution in [-0.2, 0) is 0 Å². The average molecular weight is 339 g/mol. The molecule has 0 radical (unpaired) electrons. The second kappa shape index (κ2) is 6.21. The van der Waals surface area contributed by atoms with Crippen molar-refractivity contribution in [2.75, 3.05) is 5.32 Å². The number of carbonyl (C=O) groups is 2. The zero-order valence-corrected chi connectivity index (χ0v) is 13.5. The fourth-order valence-corrected chi connectivity index (χ4v) is 2.51. The summed E-state index contributed by atoms with van der Waals surface area (Å²) in [5.41, 5.74) is 1.72. The van der Waals surface area contributed by atoms with Gasteiger partial charge in [0, 0.05) is 16.8 Å². The zero-order valence-electron chi connectivity index (χ0n) is 12.7. The van der Waals surface area contributed by atoms with E-state index < -0.39 is 0 Å². The Bertz CT molecular complexity index is 1060. The van der Waals surface area contributed by atoms with Crippen molar-refractivity contribution in [1.82, 2.24) is 9.97 Å². The second-order valence-electron chi connectivity index (χ2n) is 5.26. The van der Waals surface area contributed by atoms with Crippen molar-refractivity contribution in [2.45, 2.75) is 6.92 Å². The zero-order chi connectivity index (χ0) is 17.3. The van der Waals surface area contributed by atoms with Crippen molar-refractivity contribution in [2.24, 2.45) is 0 Å². The molecule has 0 bridgehead atoms. The summed E-state index contributed by atoms with van der Waals surface area (Å²) in [6.45, 7) is 1.48. The highest BCUT2D eigenvalue weighted by molar-refractivity contribution is 7.71. The summed E-state index contributed by atoms with van der Waals surface area (Å²) < 4.78 is 0.199. The van der Waals surface area contributed by atoms with Gasteiger partial charge >= 0.3 is 0 Å². The monoisotopic (exact) mass is 339 g/mol. The highest BCUT2D eigenvalue weighted by atomic mass is 32.1. The van der Waals surface area contributed by atoms with Gasteiger partial charge in [0.2, 0.25) is 0 Å². The quantitative estimate of drug-likeness (QED) is 0.505. The van der Waals surface area contributed by atoms with Gasteiger partial charge in [-0.1, -0.05) is 0 Å². The second-order valence-corrected chi connectivity index (χ2v) is 5.66. The number of Topliss-reactive ketones (excluding diaryl/α,β-unsaturated/α-hetero) is 1. The van der Waals surface area contributed by atoms with Crippen molar-refractivity contribution < 1.29 is 9.59 Å². The highest BCUT2D eigenvalue weighted by Crippen LogP contribution is 2.14. The first kappa shape index (κ1) is 15.8. The van der Waals surface area contributed by atoms with Gasteiger partial charge in [-0.2, -0.15) is 0 Å². The van der Waals surface area contributed by atoms with Crippen LogP contribution in [0.5, 0.6) is 0 Å². The lowest BCUT2D eigenvalue weighted by Gasteiger charge is -2.07. The molecule has 6 nitrogen and oxygen atoms in total. The first-order valence-electron chi connectivity index (χ1n) is 7.13. The molecular weight excluding hydrogens is 326 g/mol. The summed E-state index contributed by atoms with van der Waals surface area (Å²) >= 11 is 4.93. The standard InChI is InChI=1S/C17H13N3O3S/c1-9(21)10-2-5-12(6-3-10)18-15(22)11-4-7-13-14(8-11)19-17(24)20-16(13)23/h2-8H,1H3,(H,18,22)(H2,19,20,23,24). The number of hydrogen-bond donors (Lipinski definition) is 3. The normalized spacial score (nSPS) is 10.5. The molecule has 24 heavy (non-hydrogen) atoms. The highest BCUT2D eigenvalue weighted by Gasteiger charge is 2.09. The fourth-order valence-electron chi connectivity index (χ4n) is 2.30. The van der Waals surface area contributed by atoms with Crippen LogP contribution in [0, 0.1) is 4.77 Å². The van der Waals surface area contributed by atoms with Crippen LogP contribution in [0.4, 0.5) is 5.69 Å². The van der Waals surface area contributed by atoms with E-state index in [0.29, 0.717) is 27.7 Å². The number of carbonyl (C=O) groups excluding carboxylic acids is 2. The van der Waals surface area contributed by atoms with Crippen LogP contribution >= 0.6 is 12.2 Å².